The van der Waals surface area contributed by atoms with E-state index in [0.29, 0.717) is 18.1 Å². The first-order valence-electron chi connectivity index (χ1n) is 7.91. The summed E-state index contributed by atoms with van der Waals surface area (Å²) in [7, 11) is 0. The van der Waals surface area contributed by atoms with Crippen LogP contribution in [0.15, 0.2) is 54.9 Å². The Morgan fingerprint density at radius 1 is 1.21 bits per heavy atom. The van der Waals surface area contributed by atoms with Gasteiger partial charge in [0.15, 0.2) is 0 Å². The second-order valence-electron chi connectivity index (χ2n) is 5.93. The van der Waals surface area contributed by atoms with Crippen LogP contribution in [0.5, 0.6) is 5.75 Å². The number of para-hydroxylation sites is 1. The van der Waals surface area contributed by atoms with E-state index in [1.807, 2.05) is 42.5 Å². The number of fused-ring (bicyclic) bond motifs is 1. The molecule has 0 aliphatic carbocycles. The number of nitrogens with zero attached hydrogens (tertiary/aromatic N) is 4. The SMILES string of the molecule is N#Cc1cc(N2CC(COc3cccnc3)C2)nc2ccccc12. The molecule has 0 bridgehead atoms. The Hall–Kier alpha value is -3.13. The Bertz CT molecular complexity index is 898. The highest BCUT2D eigenvalue weighted by Crippen LogP contribution is 2.27. The molecule has 0 amide bonds. The van der Waals surface area contributed by atoms with Gasteiger partial charge in [-0.25, -0.2) is 4.98 Å². The number of anilines is 1. The third-order valence-corrected chi connectivity index (χ3v) is 4.22. The Morgan fingerprint density at radius 2 is 2.08 bits per heavy atom. The van der Waals surface area contributed by atoms with Gasteiger partial charge in [-0.1, -0.05) is 18.2 Å². The van der Waals surface area contributed by atoms with Gasteiger partial charge in [-0.3, -0.25) is 4.98 Å². The molecular weight excluding hydrogens is 300 g/mol. The summed E-state index contributed by atoms with van der Waals surface area (Å²) in [5.74, 6) is 2.12. The van der Waals surface area contributed by atoms with Crippen molar-refractivity contribution in [1.29, 1.82) is 5.26 Å². The fraction of sp³-hybridized carbons (Fsp3) is 0.211. The molecule has 1 aromatic carbocycles. The highest BCUT2D eigenvalue weighted by atomic mass is 16.5. The molecule has 0 radical (unpaired) electrons. The molecule has 1 aliphatic heterocycles. The predicted molar refractivity (Wildman–Crippen MR) is 91.9 cm³/mol. The zero-order valence-corrected chi connectivity index (χ0v) is 13.1. The van der Waals surface area contributed by atoms with Crippen LogP contribution < -0.4 is 9.64 Å². The van der Waals surface area contributed by atoms with Crippen molar-refractivity contribution in [3.05, 3.63) is 60.4 Å². The lowest BCUT2D eigenvalue weighted by Gasteiger charge is -2.40. The molecule has 3 aromatic rings. The van der Waals surface area contributed by atoms with E-state index < -0.39 is 0 Å². The van der Waals surface area contributed by atoms with Crippen LogP contribution in [-0.4, -0.2) is 29.7 Å². The van der Waals surface area contributed by atoms with E-state index in [4.69, 9.17) is 4.74 Å². The van der Waals surface area contributed by atoms with Crippen LogP contribution in [0, 0.1) is 17.2 Å². The van der Waals surface area contributed by atoms with Crippen LogP contribution in [0.4, 0.5) is 5.82 Å². The van der Waals surface area contributed by atoms with Gasteiger partial charge in [0.2, 0.25) is 0 Å². The topological polar surface area (TPSA) is 62.0 Å². The highest BCUT2D eigenvalue weighted by molar-refractivity contribution is 5.86. The van der Waals surface area contributed by atoms with Crippen molar-refractivity contribution in [3.8, 4) is 11.8 Å². The number of hydrogen-bond acceptors (Lipinski definition) is 5. The quantitative estimate of drug-likeness (QED) is 0.740. The molecule has 0 N–H and O–H groups in total. The van der Waals surface area contributed by atoms with E-state index in [-0.39, 0.29) is 0 Å². The van der Waals surface area contributed by atoms with Gasteiger partial charge in [-0.15, -0.1) is 0 Å². The second kappa shape index (κ2) is 6.17. The molecule has 5 nitrogen and oxygen atoms in total. The van der Waals surface area contributed by atoms with Crippen LogP contribution in [-0.2, 0) is 0 Å². The smallest absolute Gasteiger partial charge is 0.137 e. The summed E-state index contributed by atoms with van der Waals surface area (Å²) in [4.78, 5) is 10.9. The van der Waals surface area contributed by atoms with E-state index in [9.17, 15) is 5.26 Å². The maximum Gasteiger partial charge on any atom is 0.137 e. The largest absolute Gasteiger partial charge is 0.492 e. The summed E-state index contributed by atoms with van der Waals surface area (Å²) in [5, 5.41) is 10.3. The molecule has 118 valence electrons. The molecule has 0 saturated carbocycles. The summed E-state index contributed by atoms with van der Waals surface area (Å²) in [5.41, 5.74) is 1.53. The van der Waals surface area contributed by atoms with Crippen molar-refractivity contribution in [1.82, 2.24) is 9.97 Å². The Kier molecular flexibility index (Phi) is 3.72. The van der Waals surface area contributed by atoms with Crippen molar-refractivity contribution in [3.63, 3.8) is 0 Å². The lowest BCUT2D eigenvalue weighted by molar-refractivity contribution is 0.219. The van der Waals surface area contributed by atoms with E-state index in [1.54, 1.807) is 12.4 Å². The second-order valence-corrected chi connectivity index (χ2v) is 5.93. The fourth-order valence-electron chi connectivity index (χ4n) is 2.92. The number of hydrogen-bond donors (Lipinski definition) is 0. The van der Waals surface area contributed by atoms with E-state index in [2.05, 4.69) is 20.9 Å². The minimum Gasteiger partial charge on any atom is -0.492 e. The molecule has 1 fully saturated rings. The fourth-order valence-corrected chi connectivity index (χ4v) is 2.92. The molecule has 3 heterocycles. The normalized spacial score (nSPS) is 14.2. The zero-order valence-electron chi connectivity index (χ0n) is 13.1. The number of ether oxygens (including phenoxy) is 1. The maximum atomic E-state index is 9.37. The molecule has 0 spiro atoms. The van der Waals surface area contributed by atoms with Gasteiger partial charge in [-0.2, -0.15) is 5.26 Å². The van der Waals surface area contributed by atoms with Gasteiger partial charge in [0.25, 0.3) is 0 Å². The third-order valence-electron chi connectivity index (χ3n) is 4.22. The molecule has 1 aliphatic rings. The number of nitriles is 1. The van der Waals surface area contributed by atoms with Gasteiger partial charge < -0.3 is 9.64 Å². The summed E-state index contributed by atoms with van der Waals surface area (Å²) in [6.45, 7) is 2.44. The first-order chi connectivity index (χ1) is 11.8. The molecule has 0 unspecified atom stereocenters. The molecule has 5 heteroatoms. The third kappa shape index (κ3) is 2.74. The average Bonchev–Trinajstić information content (AvgIpc) is 2.60. The molecule has 1 saturated heterocycles. The first-order valence-corrected chi connectivity index (χ1v) is 7.91. The molecule has 0 atom stereocenters. The molecule has 24 heavy (non-hydrogen) atoms. The monoisotopic (exact) mass is 316 g/mol. The van der Waals surface area contributed by atoms with Crippen molar-refractivity contribution in [2.75, 3.05) is 24.6 Å². The van der Waals surface area contributed by atoms with Gasteiger partial charge >= 0.3 is 0 Å². The summed E-state index contributed by atoms with van der Waals surface area (Å²) in [6.07, 6.45) is 3.45. The molecule has 2 aromatic heterocycles. The number of benzene rings is 1. The summed E-state index contributed by atoms with van der Waals surface area (Å²) >= 11 is 0. The van der Waals surface area contributed by atoms with Crippen molar-refractivity contribution < 1.29 is 4.74 Å². The number of pyridine rings is 2. The van der Waals surface area contributed by atoms with Crippen molar-refractivity contribution in [2.24, 2.45) is 5.92 Å². The van der Waals surface area contributed by atoms with Crippen molar-refractivity contribution >= 4 is 16.7 Å². The minimum atomic E-state index is 0.462. The van der Waals surface area contributed by atoms with E-state index >= 15 is 0 Å². The Morgan fingerprint density at radius 3 is 2.88 bits per heavy atom. The minimum absolute atomic E-state index is 0.462. The first kappa shape index (κ1) is 14.5. The molecular formula is C19H16N4O. The van der Waals surface area contributed by atoms with Crippen LogP contribution in [0.3, 0.4) is 0 Å². The maximum absolute atomic E-state index is 9.37. The van der Waals surface area contributed by atoms with Crippen LogP contribution in [0.25, 0.3) is 10.9 Å². The Balaban J connectivity index is 1.43. The van der Waals surface area contributed by atoms with E-state index in [1.165, 1.54) is 0 Å². The average molecular weight is 316 g/mol. The van der Waals surface area contributed by atoms with Gasteiger partial charge in [-0.05, 0) is 24.3 Å². The van der Waals surface area contributed by atoms with Crippen LogP contribution in [0.1, 0.15) is 5.56 Å². The zero-order chi connectivity index (χ0) is 16.4. The lowest BCUT2D eigenvalue weighted by atomic mass is 10.0. The predicted octanol–water partition coefficient (Wildman–Crippen LogP) is 3.02. The molecule has 4 rings (SSSR count). The van der Waals surface area contributed by atoms with Gasteiger partial charge in [0.1, 0.15) is 11.6 Å². The van der Waals surface area contributed by atoms with E-state index in [0.717, 1.165) is 35.6 Å². The van der Waals surface area contributed by atoms with Gasteiger partial charge in [0, 0.05) is 30.6 Å². The van der Waals surface area contributed by atoms with Crippen LogP contribution in [0.2, 0.25) is 0 Å². The summed E-state index contributed by atoms with van der Waals surface area (Å²) in [6, 6.07) is 15.7. The van der Waals surface area contributed by atoms with Gasteiger partial charge in [0.05, 0.1) is 30.0 Å². The van der Waals surface area contributed by atoms with Crippen LogP contribution >= 0.6 is 0 Å². The standard InChI is InChI=1S/C19H16N4O/c20-9-15-8-19(22-18-6-2-1-5-17(15)18)23-11-14(12-23)13-24-16-4-3-7-21-10-16/h1-8,10,14H,11-13H2. The Labute approximate surface area is 140 Å². The summed E-state index contributed by atoms with van der Waals surface area (Å²) < 4.78 is 5.75. The number of aromatic nitrogens is 2. The van der Waals surface area contributed by atoms with Crippen molar-refractivity contribution in [2.45, 2.75) is 0 Å². The highest BCUT2D eigenvalue weighted by Gasteiger charge is 2.29. The number of rotatable bonds is 4. The lowest BCUT2D eigenvalue weighted by Crippen LogP contribution is -2.49.